The van der Waals surface area contributed by atoms with E-state index in [2.05, 4.69) is 34.2 Å². The van der Waals surface area contributed by atoms with Gasteiger partial charge in [-0.05, 0) is 54.4 Å². The van der Waals surface area contributed by atoms with Gasteiger partial charge in [0.15, 0.2) is 0 Å². The Hall–Kier alpha value is -2.50. The molecule has 144 valence electrons. The van der Waals surface area contributed by atoms with Gasteiger partial charge in [0.1, 0.15) is 12.4 Å². The smallest absolute Gasteiger partial charge is 0.335 e. The van der Waals surface area contributed by atoms with Crippen LogP contribution in [0.2, 0.25) is 5.02 Å². The Bertz CT molecular complexity index is 1010. The van der Waals surface area contributed by atoms with Gasteiger partial charge in [0.25, 0.3) is 0 Å². The van der Waals surface area contributed by atoms with Crippen LogP contribution >= 0.6 is 27.5 Å². The van der Waals surface area contributed by atoms with Crippen molar-refractivity contribution in [2.24, 2.45) is 0 Å². The fraction of sp³-hybridized carbons (Fsp3) is 0.136. The molecule has 0 aromatic heterocycles. The number of carboxylic acid groups (broad SMARTS) is 1. The van der Waals surface area contributed by atoms with E-state index in [9.17, 15) is 4.79 Å². The van der Waals surface area contributed by atoms with Crippen LogP contribution in [0.1, 0.15) is 27.0 Å². The number of carboxylic acids is 1. The van der Waals surface area contributed by atoms with Gasteiger partial charge in [-0.3, -0.25) is 0 Å². The Labute approximate surface area is 177 Å². The maximum absolute atomic E-state index is 11.2. The lowest BCUT2D eigenvalue weighted by atomic mass is 10.1. The number of ether oxygens (including phenoxy) is 1. The van der Waals surface area contributed by atoms with E-state index >= 15 is 0 Å². The summed E-state index contributed by atoms with van der Waals surface area (Å²) in [5.41, 5.74) is 3.97. The highest BCUT2D eigenvalue weighted by Gasteiger charge is 2.10. The number of aryl methyl sites for hydroxylation is 1. The van der Waals surface area contributed by atoms with Gasteiger partial charge >= 0.3 is 5.97 Å². The summed E-state index contributed by atoms with van der Waals surface area (Å²) in [4.78, 5) is 11.2. The van der Waals surface area contributed by atoms with Crippen molar-refractivity contribution in [1.82, 2.24) is 0 Å². The summed E-state index contributed by atoms with van der Waals surface area (Å²) in [7, 11) is 0. The third-order valence-electron chi connectivity index (χ3n) is 4.35. The Kier molecular flexibility index (Phi) is 6.60. The Morgan fingerprint density at radius 2 is 1.89 bits per heavy atom. The fourth-order valence-corrected chi connectivity index (χ4v) is 3.33. The number of anilines is 1. The molecule has 2 N–H and O–H groups in total. The molecule has 0 heterocycles. The van der Waals surface area contributed by atoms with Crippen LogP contribution in [0.3, 0.4) is 0 Å². The largest absolute Gasteiger partial charge is 0.489 e. The lowest BCUT2D eigenvalue weighted by Crippen LogP contribution is -2.06. The van der Waals surface area contributed by atoms with Crippen LogP contribution in [0.15, 0.2) is 65.1 Å². The van der Waals surface area contributed by atoms with Crippen molar-refractivity contribution in [3.8, 4) is 5.75 Å². The van der Waals surface area contributed by atoms with Crippen LogP contribution in [0, 0.1) is 6.92 Å². The number of benzene rings is 3. The number of halogens is 2. The maximum atomic E-state index is 11.2. The standard InChI is InChI=1S/C22H19BrClNO3/c1-14-4-2-3-5-16(14)13-28-21-9-7-18(23)10-17(21)12-25-20-11-15(22(26)27)6-8-19(20)24/h2-11,25H,12-13H2,1H3,(H,26,27). The molecule has 3 rings (SSSR count). The Balaban J connectivity index is 1.77. The van der Waals surface area contributed by atoms with Crippen molar-refractivity contribution >= 4 is 39.2 Å². The number of rotatable bonds is 7. The van der Waals surface area contributed by atoms with Crippen molar-refractivity contribution in [3.63, 3.8) is 0 Å². The lowest BCUT2D eigenvalue weighted by molar-refractivity contribution is 0.0697. The van der Waals surface area contributed by atoms with Crippen molar-refractivity contribution in [1.29, 1.82) is 0 Å². The fourth-order valence-electron chi connectivity index (χ4n) is 2.74. The second-order valence-electron chi connectivity index (χ2n) is 6.32. The molecule has 28 heavy (non-hydrogen) atoms. The van der Waals surface area contributed by atoms with E-state index in [4.69, 9.17) is 21.4 Å². The zero-order chi connectivity index (χ0) is 20.1. The summed E-state index contributed by atoms with van der Waals surface area (Å²) >= 11 is 9.69. The highest BCUT2D eigenvalue weighted by molar-refractivity contribution is 9.10. The molecule has 0 aliphatic rings. The first kappa shape index (κ1) is 20.2. The first-order chi connectivity index (χ1) is 13.4. The van der Waals surface area contributed by atoms with Crippen molar-refractivity contribution in [2.45, 2.75) is 20.1 Å². The zero-order valence-electron chi connectivity index (χ0n) is 15.2. The summed E-state index contributed by atoms with van der Waals surface area (Å²) in [6.45, 7) is 2.96. The van der Waals surface area contributed by atoms with Crippen LogP contribution in [-0.2, 0) is 13.2 Å². The first-order valence-electron chi connectivity index (χ1n) is 8.66. The molecule has 0 aliphatic carbocycles. The van der Waals surface area contributed by atoms with Gasteiger partial charge < -0.3 is 15.2 Å². The molecule has 3 aromatic rings. The summed E-state index contributed by atoms with van der Waals surface area (Å²) in [5, 5.41) is 12.8. The topological polar surface area (TPSA) is 58.6 Å². The predicted octanol–water partition coefficient (Wildman–Crippen LogP) is 6.30. The molecule has 0 spiro atoms. The molecule has 0 saturated carbocycles. The van der Waals surface area contributed by atoms with Crippen LogP contribution in [-0.4, -0.2) is 11.1 Å². The van der Waals surface area contributed by atoms with E-state index in [1.807, 2.05) is 36.4 Å². The molecule has 0 saturated heterocycles. The third kappa shape index (κ3) is 5.06. The van der Waals surface area contributed by atoms with E-state index in [1.165, 1.54) is 17.7 Å². The molecule has 0 unspecified atom stereocenters. The van der Waals surface area contributed by atoms with E-state index in [-0.39, 0.29) is 5.56 Å². The van der Waals surface area contributed by atoms with Crippen LogP contribution in [0.4, 0.5) is 5.69 Å². The van der Waals surface area contributed by atoms with E-state index < -0.39 is 5.97 Å². The highest BCUT2D eigenvalue weighted by atomic mass is 79.9. The van der Waals surface area contributed by atoms with Crippen molar-refractivity contribution in [2.75, 3.05) is 5.32 Å². The van der Waals surface area contributed by atoms with Crippen LogP contribution < -0.4 is 10.1 Å². The monoisotopic (exact) mass is 459 g/mol. The average molecular weight is 461 g/mol. The lowest BCUT2D eigenvalue weighted by Gasteiger charge is -2.15. The predicted molar refractivity (Wildman–Crippen MR) is 115 cm³/mol. The SMILES string of the molecule is Cc1ccccc1COc1ccc(Br)cc1CNc1cc(C(=O)O)ccc1Cl. The number of hydrogen-bond acceptors (Lipinski definition) is 3. The Morgan fingerprint density at radius 3 is 2.64 bits per heavy atom. The van der Waals surface area contributed by atoms with Gasteiger partial charge in [-0.25, -0.2) is 4.79 Å². The third-order valence-corrected chi connectivity index (χ3v) is 5.17. The van der Waals surface area contributed by atoms with E-state index in [1.54, 1.807) is 6.07 Å². The molecule has 0 atom stereocenters. The van der Waals surface area contributed by atoms with Crippen LogP contribution in [0.5, 0.6) is 5.75 Å². The molecule has 0 radical (unpaired) electrons. The second kappa shape index (κ2) is 9.13. The molecule has 6 heteroatoms. The molecule has 0 amide bonds. The van der Waals surface area contributed by atoms with Crippen LogP contribution in [0.25, 0.3) is 0 Å². The molecule has 0 fully saturated rings. The minimum atomic E-state index is -0.996. The van der Waals surface area contributed by atoms with Gasteiger partial charge in [-0.15, -0.1) is 0 Å². The first-order valence-corrected chi connectivity index (χ1v) is 9.83. The Morgan fingerprint density at radius 1 is 1.11 bits per heavy atom. The van der Waals surface area contributed by atoms with Gasteiger partial charge in [-0.1, -0.05) is 51.8 Å². The van der Waals surface area contributed by atoms with Gasteiger partial charge in [-0.2, -0.15) is 0 Å². The average Bonchev–Trinajstić information content (AvgIpc) is 2.67. The summed E-state index contributed by atoms with van der Waals surface area (Å²) in [6.07, 6.45) is 0. The molecule has 0 aliphatic heterocycles. The minimum Gasteiger partial charge on any atom is -0.489 e. The summed E-state index contributed by atoms with van der Waals surface area (Å²) < 4.78 is 6.98. The van der Waals surface area contributed by atoms with Gasteiger partial charge in [0, 0.05) is 16.6 Å². The van der Waals surface area contributed by atoms with Crippen molar-refractivity contribution in [3.05, 3.63) is 92.4 Å². The molecule has 4 nitrogen and oxygen atoms in total. The van der Waals surface area contributed by atoms with Crippen molar-refractivity contribution < 1.29 is 14.6 Å². The second-order valence-corrected chi connectivity index (χ2v) is 7.64. The van der Waals surface area contributed by atoms with Gasteiger partial charge in [0.2, 0.25) is 0 Å². The number of hydrogen-bond donors (Lipinski definition) is 2. The highest BCUT2D eigenvalue weighted by Crippen LogP contribution is 2.28. The number of carbonyl (C=O) groups is 1. The summed E-state index contributed by atoms with van der Waals surface area (Å²) in [5.74, 6) is -0.242. The quantitative estimate of drug-likeness (QED) is 0.434. The molecule has 0 bridgehead atoms. The van der Waals surface area contributed by atoms with E-state index in [0.717, 1.165) is 21.3 Å². The maximum Gasteiger partial charge on any atom is 0.335 e. The summed E-state index contributed by atoms with van der Waals surface area (Å²) in [6, 6.07) is 18.5. The molecular formula is C22H19BrClNO3. The number of aromatic carboxylic acids is 1. The van der Waals surface area contributed by atoms with E-state index in [0.29, 0.717) is 23.9 Å². The molecular weight excluding hydrogens is 442 g/mol. The normalized spacial score (nSPS) is 10.5. The molecule has 3 aromatic carbocycles. The zero-order valence-corrected chi connectivity index (χ0v) is 17.5. The van der Waals surface area contributed by atoms with Gasteiger partial charge in [0.05, 0.1) is 16.3 Å². The minimum absolute atomic E-state index is 0.178. The number of nitrogens with one attached hydrogen (secondary N) is 1.